The standard InChI is InChI=1S/C7H10N2O4/c1-3(2)9-6(11)4(7(12)13)5(10)8-9/h3,11H,1-2H3,(H,8,10)(H,12,13). The Labute approximate surface area is 73.4 Å². The van der Waals surface area contributed by atoms with E-state index in [1.54, 1.807) is 13.8 Å². The average Bonchev–Trinajstić information content (AvgIpc) is 2.26. The molecule has 0 amide bonds. The monoisotopic (exact) mass is 186 g/mol. The smallest absolute Gasteiger partial charge is 0.346 e. The van der Waals surface area contributed by atoms with Gasteiger partial charge in [-0.15, -0.1) is 0 Å². The van der Waals surface area contributed by atoms with Gasteiger partial charge in [0.15, 0.2) is 5.56 Å². The van der Waals surface area contributed by atoms with Crippen LogP contribution in [0, 0.1) is 0 Å². The van der Waals surface area contributed by atoms with Gasteiger partial charge in [-0.1, -0.05) is 0 Å². The molecule has 0 fully saturated rings. The molecule has 0 spiro atoms. The summed E-state index contributed by atoms with van der Waals surface area (Å²) in [6.07, 6.45) is 0. The van der Waals surface area contributed by atoms with Crippen LogP contribution in [0.4, 0.5) is 0 Å². The predicted molar refractivity (Wildman–Crippen MR) is 44.1 cm³/mol. The summed E-state index contributed by atoms with van der Waals surface area (Å²) in [5.41, 5.74) is -1.41. The number of carboxylic acid groups (broad SMARTS) is 1. The van der Waals surface area contributed by atoms with Crippen molar-refractivity contribution in [2.45, 2.75) is 19.9 Å². The molecule has 0 radical (unpaired) electrons. The van der Waals surface area contributed by atoms with Gasteiger partial charge < -0.3 is 10.2 Å². The second kappa shape index (κ2) is 2.96. The zero-order valence-corrected chi connectivity index (χ0v) is 7.24. The minimum atomic E-state index is -1.43. The highest BCUT2D eigenvalue weighted by Crippen LogP contribution is 2.16. The van der Waals surface area contributed by atoms with Crippen molar-refractivity contribution < 1.29 is 15.0 Å². The van der Waals surface area contributed by atoms with E-state index in [0.717, 1.165) is 4.68 Å². The van der Waals surface area contributed by atoms with Gasteiger partial charge in [0.25, 0.3) is 5.56 Å². The summed E-state index contributed by atoms with van der Waals surface area (Å²) in [5, 5.41) is 20.1. The molecule has 6 nitrogen and oxygen atoms in total. The minimum absolute atomic E-state index is 0.194. The number of aromatic amines is 1. The van der Waals surface area contributed by atoms with Crippen molar-refractivity contribution >= 4 is 5.97 Å². The maximum Gasteiger partial charge on any atom is 0.346 e. The molecular formula is C7H10N2O4. The van der Waals surface area contributed by atoms with Gasteiger partial charge in [0.2, 0.25) is 5.88 Å². The number of hydrogen-bond acceptors (Lipinski definition) is 3. The summed E-state index contributed by atoms with van der Waals surface area (Å²) >= 11 is 0. The second-order valence-corrected chi connectivity index (χ2v) is 2.91. The van der Waals surface area contributed by atoms with Crippen molar-refractivity contribution in [1.29, 1.82) is 0 Å². The fraction of sp³-hybridized carbons (Fsp3) is 0.429. The summed E-state index contributed by atoms with van der Waals surface area (Å²) in [6.45, 7) is 3.42. The molecule has 13 heavy (non-hydrogen) atoms. The van der Waals surface area contributed by atoms with Crippen LogP contribution in [-0.2, 0) is 0 Å². The lowest BCUT2D eigenvalue weighted by molar-refractivity contribution is 0.0692. The maximum absolute atomic E-state index is 11.0. The van der Waals surface area contributed by atoms with E-state index in [2.05, 4.69) is 5.10 Å². The Hall–Kier alpha value is -1.72. The van der Waals surface area contributed by atoms with E-state index in [-0.39, 0.29) is 6.04 Å². The van der Waals surface area contributed by atoms with Crippen LogP contribution >= 0.6 is 0 Å². The predicted octanol–water partition coefficient (Wildman–Crippen LogP) is 0.161. The number of hydrogen-bond donors (Lipinski definition) is 3. The van der Waals surface area contributed by atoms with Crippen molar-refractivity contribution in [2.24, 2.45) is 0 Å². The van der Waals surface area contributed by atoms with Gasteiger partial charge in [-0.3, -0.25) is 14.6 Å². The van der Waals surface area contributed by atoms with Gasteiger partial charge in [-0.2, -0.15) is 0 Å². The molecule has 1 heterocycles. The first-order valence-corrected chi connectivity index (χ1v) is 3.72. The highest BCUT2D eigenvalue weighted by molar-refractivity contribution is 5.89. The molecule has 1 rings (SSSR count). The van der Waals surface area contributed by atoms with Gasteiger partial charge in [0.1, 0.15) is 0 Å². The van der Waals surface area contributed by atoms with Crippen LogP contribution in [0.5, 0.6) is 5.88 Å². The third-order valence-corrected chi connectivity index (χ3v) is 1.63. The number of nitrogens with zero attached hydrogens (tertiary/aromatic N) is 1. The van der Waals surface area contributed by atoms with E-state index in [0.29, 0.717) is 0 Å². The third kappa shape index (κ3) is 1.42. The normalized spacial score (nSPS) is 10.7. The molecule has 72 valence electrons. The first-order valence-electron chi connectivity index (χ1n) is 3.72. The van der Waals surface area contributed by atoms with Crippen molar-refractivity contribution in [3.8, 4) is 5.88 Å². The molecule has 0 aliphatic heterocycles. The Balaban J connectivity index is 3.39. The van der Waals surface area contributed by atoms with E-state index in [9.17, 15) is 14.7 Å². The zero-order chi connectivity index (χ0) is 10.2. The van der Waals surface area contributed by atoms with E-state index >= 15 is 0 Å². The Morgan fingerprint density at radius 3 is 2.31 bits per heavy atom. The fourth-order valence-corrected chi connectivity index (χ4v) is 1.01. The SMILES string of the molecule is CC(C)n1[nH]c(=O)c(C(=O)O)c1O. The minimum Gasteiger partial charge on any atom is -0.493 e. The molecule has 6 heteroatoms. The molecular weight excluding hydrogens is 176 g/mol. The van der Waals surface area contributed by atoms with Crippen molar-refractivity contribution in [1.82, 2.24) is 9.78 Å². The van der Waals surface area contributed by atoms with E-state index in [1.807, 2.05) is 0 Å². The summed E-state index contributed by atoms with van der Waals surface area (Å²) < 4.78 is 1.10. The second-order valence-electron chi connectivity index (χ2n) is 2.91. The lowest BCUT2D eigenvalue weighted by atomic mass is 10.3. The first kappa shape index (κ1) is 9.37. The van der Waals surface area contributed by atoms with Gasteiger partial charge in [0.05, 0.1) is 0 Å². The summed E-state index contributed by atoms with van der Waals surface area (Å²) in [7, 11) is 0. The van der Waals surface area contributed by atoms with Crippen LogP contribution < -0.4 is 5.56 Å². The van der Waals surface area contributed by atoms with Crippen LogP contribution in [0.25, 0.3) is 0 Å². The number of H-pyrrole nitrogens is 1. The molecule has 0 atom stereocenters. The lowest BCUT2D eigenvalue weighted by Gasteiger charge is -2.06. The molecule has 0 saturated carbocycles. The van der Waals surface area contributed by atoms with Crippen molar-refractivity contribution in [2.75, 3.05) is 0 Å². The Morgan fingerprint density at radius 1 is 1.54 bits per heavy atom. The lowest BCUT2D eigenvalue weighted by Crippen LogP contribution is -2.12. The largest absolute Gasteiger partial charge is 0.493 e. The molecule has 1 aromatic rings. The number of aromatic carboxylic acids is 1. The third-order valence-electron chi connectivity index (χ3n) is 1.63. The number of rotatable bonds is 2. The van der Waals surface area contributed by atoms with E-state index < -0.39 is 23.0 Å². The number of carboxylic acids is 1. The van der Waals surface area contributed by atoms with Crippen LogP contribution in [-0.4, -0.2) is 26.0 Å². The molecule has 0 aliphatic rings. The Bertz CT molecular complexity index is 388. The molecule has 0 saturated heterocycles. The fourth-order valence-electron chi connectivity index (χ4n) is 1.01. The molecule has 0 unspecified atom stereocenters. The molecule has 0 aromatic carbocycles. The van der Waals surface area contributed by atoms with Crippen LogP contribution in [0.15, 0.2) is 4.79 Å². The molecule has 0 bridgehead atoms. The Morgan fingerprint density at radius 2 is 2.08 bits per heavy atom. The van der Waals surface area contributed by atoms with E-state index in [4.69, 9.17) is 5.11 Å². The van der Waals surface area contributed by atoms with E-state index in [1.165, 1.54) is 0 Å². The number of nitrogens with one attached hydrogen (secondary N) is 1. The topological polar surface area (TPSA) is 95.3 Å². The molecule has 3 N–H and O–H groups in total. The summed E-state index contributed by atoms with van der Waals surface area (Å²) in [6, 6.07) is -0.194. The zero-order valence-electron chi connectivity index (χ0n) is 7.24. The van der Waals surface area contributed by atoms with Crippen molar-refractivity contribution in [3.63, 3.8) is 0 Å². The van der Waals surface area contributed by atoms with Gasteiger partial charge in [0, 0.05) is 6.04 Å². The highest BCUT2D eigenvalue weighted by atomic mass is 16.4. The number of aromatic hydroxyl groups is 1. The quantitative estimate of drug-likeness (QED) is 0.613. The van der Waals surface area contributed by atoms with Crippen LogP contribution in [0.2, 0.25) is 0 Å². The summed E-state index contributed by atoms with van der Waals surface area (Å²) in [5.74, 6) is -1.97. The maximum atomic E-state index is 11.0. The summed E-state index contributed by atoms with van der Waals surface area (Å²) in [4.78, 5) is 21.5. The van der Waals surface area contributed by atoms with Gasteiger partial charge in [-0.05, 0) is 13.8 Å². The van der Waals surface area contributed by atoms with Gasteiger partial charge in [-0.25, -0.2) is 4.79 Å². The Kier molecular flexibility index (Phi) is 2.14. The highest BCUT2D eigenvalue weighted by Gasteiger charge is 2.21. The molecule has 0 aliphatic carbocycles. The number of aromatic nitrogens is 2. The van der Waals surface area contributed by atoms with Crippen molar-refractivity contribution in [3.05, 3.63) is 15.9 Å². The first-order chi connectivity index (χ1) is 5.95. The molecule has 1 aromatic heterocycles. The van der Waals surface area contributed by atoms with Crippen LogP contribution in [0.3, 0.4) is 0 Å². The average molecular weight is 186 g/mol. The number of carbonyl (C=O) groups is 1. The van der Waals surface area contributed by atoms with Gasteiger partial charge >= 0.3 is 5.97 Å². The van der Waals surface area contributed by atoms with Crippen LogP contribution in [0.1, 0.15) is 30.2 Å².